The van der Waals surface area contributed by atoms with Crippen LogP contribution in [0.2, 0.25) is 0 Å². The summed E-state index contributed by atoms with van der Waals surface area (Å²) in [6.45, 7) is 1.50. The van der Waals surface area contributed by atoms with Crippen molar-refractivity contribution in [1.29, 1.82) is 0 Å². The fraction of sp³-hybridized carbons (Fsp3) is 0.316. The highest BCUT2D eigenvalue weighted by atomic mass is 35.5. The molecule has 0 aromatic heterocycles. The van der Waals surface area contributed by atoms with Gasteiger partial charge in [0, 0.05) is 26.7 Å². The van der Waals surface area contributed by atoms with E-state index in [2.05, 4.69) is 0 Å². The van der Waals surface area contributed by atoms with E-state index in [1.54, 1.807) is 7.11 Å². The number of methoxy groups -OCH3 is 1. The maximum absolute atomic E-state index is 12.7. The van der Waals surface area contributed by atoms with Crippen LogP contribution in [0.25, 0.3) is 0 Å². The molecule has 24 heavy (non-hydrogen) atoms. The summed E-state index contributed by atoms with van der Waals surface area (Å²) in [5.74, 6) is 0.0509. The highest BCUT2D eigenvalue weighted by molar-refractivity contribution is 5.85. The first-order valence-corrected chi connectivity index (χ1v) is 7.81. The number of halogens is 1. The van der Waals surface area contributed by atoms with Gasteiger partial charge in [-0.2, -0.15) is 0 Å². The van der Waals surface area contributed by atoms with Gasteiger partial charge in [-0.25, -0.2) is 0 Å². The van der Waals surface area contributed by atoms with Crippen molar-refractivity contribution < 1.29 is 9.53 Å². The standard InChI is InChI=1S/C19H24N2O2.ClH/c1-23-18(13-20)12-19(22)21(14-16-8-4-2-5-9-16)15-17-10-6-3-7-11-17;/h2-11,18H,12-15,20H2,1H3;1H. The van der Waals surface area contributed by atoms with Gasteiger partial charge in [-0.1, -0.05) is 60.7 Å². The van der Waals surface area contributed by atoms with E-state index in [9.17, 15) is 4.79 Å². The molecule has 1 unspecified atom stereocenters. The van der Waals surface area contributed by atoms with E-state index in [1.807, 2.05) is 65.6 Å². The summed E-state index contributed by atoms with van der Waals surface area (Å²) in [4.78, 5) is 14.5. The average Bonchev–Trinajstić information content (AvgIpc) is 2.60. The fourth-order valence-corrected chi connectivity index (χ4v) is 2.43. The van der Waals surface area contributed by atoms with Gasteiger partial charge in [-0.05, 0) is 11.1 Å². The molecule has 2 aromatic rings. The molecular weight excluding hydrogens is 324 g/mol. The quantitative estimate of drug-likeness (QED) is 0.797. The monoisotopic (exact) mass is 348 g/mol. The topological polar surface area (TPSA) is 55.6 Å². The highest BCUT2D eigenvalue weighted by Crippen LogP contribution is 2.13. The number of nitrogens with zero attached hydrogens (tertiary/aromatic N) is 1. The summed E-state index contributed by atoms with van der Waals surface area (Å²) in [6, 6.07) is 20.0. The van der Waals surface area contributed by atoms with E-state index in [1.165, 1.54) is 0 Å². The summed E-state index contributed by atoms with van der Waals surface area (Å²) in [5, 5.41) is 0. The third-order valence-corrected chi connectivity index (χ3v) is 3.78. The van der Waals surface area contributed by atoms with Crippen LogP contribution in [0, 0.1) is 0 Å². The third-order valence-electron chi connectivity index (χ3n) is 3.78. The van der Waals surface area contributed by atoms with Crippen LogP contribution in [0.4, 0.5) is 0 Å². The fourth-order valence-electron chi connectivity index (χ4n) is 2.43. The Morgan fingerprint density at radius 2 is 1.46 bits per heavy atom. The van der Waals surface area contributed by atoms with E-state index in [0.717, 1.165) is 11.1 Å². The van der Waals surface area contributed by atoms with Crippen LogP contribution in [-0.4, -0.2) is 30.6 Å². The maximum atomic E-state index is 12.7. The molecule has 130 valence electrons. The van der Waals surface area contributed by atoms with Gasteiger partial charge >= 0.3 is 0 Å². The zero-order valence-electron chi connectivity index (χ0n) is 13.9. The molecule has 0 aliphatic heterocycles. The van der Waals surface area contributed by atoms with Gasteiger partial charge in [0.25, 0.3) is 0 Å². The normalized spacial score (nSPS) is 11.4. The largest absolute Gasteiger partial charge is 0.380 e. The molecule has 0 aliphatic rings. The SMILES string of the molecule is COC(CN)CC(=O)N(Cc1ccccc1)Cc1ccccc1.Cl. The predicted octanol–water partition coefficient (Wildman–Crippen LogP) is 3.00. The second-order valence-corrected chi connectivity index (χ2v) is 5.52. The van der Waals surface area contributed by atoms with Crippen LogP contribution in [0.1, 0.15) is 17.5 Å². The van der Waals surface area contributed by atoms with Crippen molar-refractivity contribution in [3.8, 4) is 0 Å². The van der Waals surface area contributed by atoms with Gasteiger partial charge in [0.1, 0.15) is 0 Å². The van der Waals surface area contributed by atoms with E-state index in [0.29, 0.717) is 26.1 Å². The second kappa shape index (κ2) is 10.8. The number of benzene rings is 2. The smallest absolute Gasteiger partial charge is 0.225 e. The van der Waals surface area contributed by atoms with E-state index >= 15 is 0 Å². The molecule has 0 fully saturated rings. The molecule has 0 saturated heterocycles. The molecule has 5 heteroatoms. The van der Waals surface area contributed by atoms with Crippen molar-refractivity contribution in [2.45, 2.75) is 25.6 Å². The number of hydrogen-bond donors (Lipinski definition) is 1. The van der Waals surface area contributed by atoms with Crippen molar-refractivity contribution in [2.75, 3.05) is 13.7 Å². The number of carbonyl (C=O) groups is 1. The van der Waals surface area contributed by atoms with E-state index in [4.69, 9.17) is 10.5 Å². The van der Waals surface area contributed by atoms with Crippen molar-refractivity contribution in [3.05, 3.63) is 71.8 Å². The Balaban J connectivity index is 0.00000288. The average molecular weight is 349 g/mol. The molecule has 0 spiro atoms. The Hall–Kier alpha value is -1.88. The third kappa shape index (κ3) is 6.32. The van der Waals surface area contributed by atoms with Gasteiger partial charge in [0.2, 0.25) is 5.91 Å². The summed E-state index contributed by atoms with van der Waals surface area (Å²) in [5.41, 5.74) is 7.86. The number of rotatable bonds is 8. The minimum atomic E-state index is -0.239. The molecule has 2 rings (SSSR count). The van der Waals surface area contributed by atoms with Crippen molar-refractivity contribution in [2.24, 2.45) is 5.73 Å². The van der Waals surface area contributed by atoms with Gasteiger partial charge in [-0.3, -0.25) is 4.79 Å². The Morgan fingerprint density at radius 3 is 1.83 bits per heavy atom. The zero-order valence-corrected chi connectivity index (χ0v) is 14.7. The molecule has 0 radical (unpaired) electrons. The Labute approximate surface area is 150 Å². The van der Waals surface area contributed by atoms with Gasteiger partial charge in [0.15, 0.2) is 0 Å². The van der Waals surface area contributed by atoms with Crippen LogP contribution in [-0.2, 0) is 22.6 Å². The predicted molar refractivity (Wildman–Crippen MR) is 98.9 cm³/mol. The van der Waals surface area contributed by atoms with Crippen LogP contribution in [0.3, 0.4) is 0 Å². The summed E-state index contributed by atoms with van der Waals surface area (Å²) < 4.78 is 5.25. The number of carbonyl (C=O) groups excluding carboxylic acids is 1. The number of amides is 1. The van der Waals surface area contributed by atoms with Crippen LogP contribution in [0.15, 0.2) is 60.7 Å². The van der Waals surface area contributed by atoms with Crippen LogP contribution >= 0.6 is 12.4 Å². The Kier molecular flexibility index (Phi) is 9.08. The van der Waals surface area contributed by atoms with Gasteiger partial charge in [0.05, 0.1) is 12.5 Å². The Morgan fingerprint density at radius 1 is 1.00 bits per heavy atom. The molecule has 0 saturated carbocycles. The Bertz CT molecular complexity index is 547. The number of hydrogen-bond acceptors (Lipinski definition) is 3. The molecule has 4 nitrogen and oxygen atoms in total. The van der Waals surface area contributed by atoms with Crippen molar-refractivity contribution in [3.63, 3.8) is 0 Å². The number of nitrogens with two attached hydrogens (primary N) is 1. The minimum Gasteiger partial charge on any atom is -0.380 e. The summed E-state index contributed by atoms with van der Waals surface area (Å²) in [6.07, 6.45) is 0.0590. The lowest BCUT2D eigenvalue weighted by atomic mass is 10.1. The summed E-state index contributed by atoms with van der Waals surface area (Å²) >= 11 is 0. The molecule has 0 aliphatic carbocycles. The molecule has 1 amide bonds. The molecule has 1 atom stereocenters. The first-order valence-electron chi connectivity index (χ1n) is 7.81. The summed E-state index contributed by atoms with van der Waals surface area (Å²) in [7, 11) is 1.59. The lowest BCUT2D eigenvalue weighted by Gasteiger charge is -2.25. The molecule has 0 heterocycles. The number of ether oxygens (including phenoxy) is 1. The van der Waals surface area contributed by atoms with Gasteiger partial charge in [-0.15, -0.1) is 12.4 Å². The molecule has 0 bridgehead atoms. The van der Waals surface area contributed by atoms with E-state index < -0.39 is 0 Å². The van der Waals surface area contributed by atoms with E-state index in [-0.39, 0.29) is 24.4 Å². The highest BCUT2D eigenvalue weighted by Gasteiger charge is 2.19. The first kappa shape index (κ1) is 20.2. The van der Waals surface area contributed by atoms with Crippen LogP contribution < -0.4 is 5.73 Å². The molecule has 2 N–H and O–H groups in total. The molecular formula is C19H25ClN2O2. The second-order valence-electron chi connectivity index (χ2n) is 5.52. The van der Waals surface area contributed by atoms with Gasteiger partial charge < -0.3 is 15.4 Å². The zero-order chi connectivity index (χ0) is 16.5. The minimum absolute atomic E-state index is 0. The van der Waals surface area contributed by atoms with Crippen LogP contribution in [0.5, 0.6) is 0 Å². The lowest BCUT2D eigenvalue weighted by Crippen LogP contribution is -2.35. The molecule has 2 aromatic carbocycles. The van der Waals surface area contributed by atoms with Crippen molar-refractivity contribution in [1.82, 2.24) is 4.90 Å². The van der Waals surface area contributed by atoms with Crippen molar-refractivity contribution >= 4 is 18.3 Å². The lowest BCUT2D eigenvalue weighted by molar-refractivity contribution is -0.134. The maximum Gasteiger partial charge on any atom is 0.225 e. The first-order chi connectivity index (χ1) is 11.2.